The van der Waals surface area contributed by atoms with Gasteiger partial charge in [0, 0.05) is 5.54 Å². The Morgan fingerprint density at radius 1 is 1.28 bits per heavy atom. The van der Waals surface area contributed by atoms with Crippen LogP contribution in [0, 0.1) is 0 Å². The number of nitrogens with two attached hydrogens (primary N) is 1. The summed E-state index contributed by atoms with van der Waals surface area (Å²) in [6, 6.07) is 6.99. The van der Waals surface area contributed by atoms with Gasteiger partial charge >= 0.3 is 0 Å². The third-order valence-corrected chi connectivity index (χ3v) is 5.04. The van der Waals surface area contributed by atoms with E-state index in [-0.39, 0.29) is 10.8 Å². The molecule has 1 heterocycles. The van der Waals surface area contributed by atoms with Gasteiger partial charge in [-0.1, -0.05) is 12.1 Å². The van der Waals surface area contributed by atoms with Crippen LogP contribution in [-0.2, 0) is 21.0 Å². The molecule has 0 atom stereocenters. The highest BCUT2D eigenvalue weighted by Crippen LogP contribution is 2.22. The van der Waals surface area contributed by atoms with Gasteiger partial charge < -0.3 is 10.5 Å². The molecule has 1 aliphatic rings. The Bertz CT molecular complexity index is 510. The van der Waals surface area contributed by atoms with E-state index < -0.39 is 9.84 Å². The zero-order chi connectivity index (χ0) is 13.4. The first-order valence-corrected chi connectivity index (χ1v) is 7.53. The van der Waals surface area contributed by atoms with E-state index in [0.29, 0.717) is 18.1 Å². The van der Waals surface area contributed by atoms with Crippen LogP contribution in [-0.4, -0.2) is 32.4 Å². The Labute approximate surface area is 108 Å². The summed E-state index contributed by atoms with van der Waals surface area (Å²) in [5, 5.41) is -0.380. The predicted octanol–water partition coefficient (Wildman–Crippen LogP) is 1.14. The molecule has 0 bridgehead atoms. The van der Waals surface area contributed by atoms with Crippen LogP contribution >= 0.6 is 0 Å². The van der Waals surface area contributed by atoms with Crippen molar-refractivity contribution in [3.8, 4) is 0 Å². The minimum Gasteiger partial charge on any atom is -0.379 e. The second-order valence-electron chi connectivity index (χ2n) is 5.51. The van der Waals surface area contributed by atoms with Crippen LogP contribution in [0.4, 0.5) is 0 Å². The van der Waals surface area contributed by atoms with Crippen molar-refractivity contribution >= 4 is 9.84 Å². The monoisotopic (exact) mass is 269 g/mol. The number of rotatable bonds is 4. The standard InChI is InChI=1S/C13H19NO3S/c1-13(2,14)7-10-3-5-11(6-4-10)18(15,16)12-8-17-9-12/h3-6,12H,7-9,14H2,1-2H3. The minimum atomic E-state index is -3.22. The number of benzene rings is 1. The lowest BCUT2D eigenvalue weighted by molar-refractivity contribution is 0.0416. The van der Waals surface area contributed by atoms with Crippen LogP contribution in [0.1, 0.15) is 19.4 Å². The Morgan fingerprint density at radius 3 is 2.22 bits per heavy atom. The van der Waals surface area contributed by atoms with Crippen molar-refractivity contribution in [3.63, 3.8) is 0 Å². The first-order valence-electron chi connectivity index (χ1n) is 5.98. The Kier molecular flexibility index (Phi) is 3.49. The third kappa shape index (κ3) is 2.91. The fourth-order valence-electron chi connectivity index (χ4n) is 1.91. The second-order valence-corrected chi connectivity index (χ2v) is 7.74. The molecule has 2 N–H and O–H groups in total. The van der Waals surface area contributed by atoms with Crippen molar-refractivity contribution in [2.24, 2.45) is 5.73 Å². The first-order chi connectivity index (χ1) is 8.29. The average molecular weight is 269 g/mol. The number of sulfone groups is 1. The zero-order valence-corrected chi connectivity index (χ0v) is 11.5. The Balaban J connectivity index is 2.17. The summed E-state index contributed by atoms with van der Waals surface area (Å²) in [6.45, 7) is 4.51. The molecule has 1 fully saturated rings. The number of ether oxygens (including phenoxy) is 1. The fourth-order valence-corrected chi connectivity index (χ4v) is 3.36. The summed E-state index contributed by atoms with van der Waals surface area (Å²) in [4.78, 5) is 0.370. The van der Waals surface area contributed by atoms with E-state index in [1.54, 1.807) is 12.1 Å². The molecule has 2 rings (SSSR count). The summed E-state index contributed by atoms with van der Waals surface area (Å²) < 4.78 is 29.1. The number of hydrogen-bond donors (Lipinski definition) is 1. The molecule has 1 aromatic rings. The van der Waals surface area contributed by atoms with Crippen LogP contribution in [0.2, 0.25) is 0 Å². The lowest BCUT2D eigenvalue weighted by Crippen LogP contribution is -2.40. The largest absolute Gasteiger partial charge is 0.379 e. The van der Waals surface area contributed by atoms with Crippen molar-refractivity contribution in [1.29, 1.82) is 0 Å². The first kappa shape index (κ1) is 13.5. The molecule has 0 saturated carbocycles. The lowest BCUT2D eigenvalue weighted by Gasteiger charge is -2.25. The van der Waals surface area contributed by atoms with Crippen LogP contribution in [0.15, 0.2) is 29.2 Å². The highest BCUT2D eigenvalue weighted by Gasteiger charge is 2.33. The highest BCUT2D eigenvalue weighted by atomic mass is 32.2. The van der Waals surface area contributed by atoms with Crippen LogP contribution in [0.3, 0.4) is 0 Å². The van der Waals surface area contributed by atoms with Crippen LogP contribution < -0.4 is 5.73 Å². The van der Waals surface area contributed by atoms with E-state index in [4.69, 9.17) is 10.5 Å². The minimum absolute atomic E-state index is 0.289. The van der Waals surface area contributed by atoms with Crippen molar-refractivity contribution in [1.82, 2.24) is 0 Å². The lowest BCUT2D eigenvalue weighted by atomic mass is 9.96. The predicted molar refractivity (Wildman–Crippen MR) is 70.2 cm³/mol. The van der Waals surface area contributed by atoms with Gasteiger partial charge in [0.1, 0.15) is 5.25 Å². The van der Waals surface area contributed by atoms with E-state index in [1.165, 1.54) is 0 Å². The molecule has 100 valence electrons. The average Bonchev–Trinajstić information content (AvgIpc) is 2.12. The molecule has 4 nitrogen and oxygen atoms in total. The van der Waals surface area contributed by atoms with E-state index in [2.05, 4.69) is 0 Å². The smallest absolute Gasteiger partial charge is 0.185 e. The quantitative estimate of drug-likeness (QED) is 0.890. The van der Waals surface area contributed by atoms with Gasteiger partial charge in [-0.05, 0) is 38.0 Å². The van der Waals surface area contributed by atoms with Crippen molar-refractivity contribution < 1.29 is 13.2 Å². The van der Waals surface area contributed by atoms with Gasteiger partial charge in [-0.3, -0.25) is 0 Å². The molecule has 5 heteroatoms. The molecule has 1 saturated heterocycles. The highest BCUT2D eigenvalue weighted by molar-refractivity contribution is 7.92. The van der Waals surface area contributed by atoms with Gasteiger partial charge in [0.05, 0.1) is 18.1 Å². The molecule has 0 aromatic heterocycles. The van der Waals surface area contributed by atoms with Crippen molar-refractivity contribution in [3.05, 3.63) is 29.8 Å². The van der Waals surface area contributed by atoms with Gasteiger partial charge in [-0.15, -0.1) is 0 Å². The van der Waals surface area contributed by atoms with Crippen LogP contribution in [0.5, 0.6) is 0 Å². The van der Waals surface area contributed by atoms with Crippen molar-refractivity contribution in [2.45, 2.75) is 36.0 Å². The summed E-state index contributed by atoms with van der Waals surface area (Å²) in [5.74, 6) is 0. The van der Waals surface area contributed by atoms with Gasteiger partial charge in [-0.2, -0.15) is 0 Å². The Morgan fingerprint density at radius 2 is 1.83 bits per heavy atom. The van der Waals surface area contributed by atoms with E-state index >= 15 is 0 Å². The van der Waals surface area contributed by atoms with E-state index in [0.717, 1.165) is 12.0 Å². The molecule has 0 unspecified atom stereocenters. The molecule has 1 aliphatic heterocycles. The molecule has 1 aromatic carbocycles. The summed E-state index contributed by atoms with van der Waals surface area (Å²) in [7, 11) is -3.22. The summed E-state index contributed by atoms with van der Waals surface area (Å²) >= 11 is 0. The zero-order valence-electron chi connectivity index (χ0n) is 10.7. The maximum Gasteiger partial charge on any atom is 0.185 e. The van der Waals surface area contributed by atoms with E-state index in [1.807, 2.05) is 26.0 Å². The van der Waals surface area contributed by atoms with Gasteiger partial charge in [-0.25, -0.2) is 8.42 Å². The molecule has 0 amide bonds. The van der Waals surface area contributed by atoms with E-state index in [9.17, 15) is 8.42 Å². The normalized spacial score (nSPS) is 17.5. The van der Waals surface area contributed by atoms with Gasteiger partial charge in [0.15, 0.2) is 9.84 Å². The third-order valence-electron chi connectivity index (χ3n) is 2.96. The fraction of sp³-hybridized carbons (Fsp3) is 0.538. The molecular weight excluding hydrogens is 250 g/mol. The van der Waals surface area contributed by atoms with Gasteiger partial charge in [0.2, 0.25) is 0 Å². The maximum absolute atomic E-state index is 12.1. The molecule has 0 spiro atoms. The number of hydrogen-bond acceptors (Lipinski definition) is 4. The molecule has 0 aliphatic carbocycles. The SMILES string of the molecule is CC(C)(N)Cc1ccc(S(=O)(=O)C2COC2)cc1. The molecule has 0 radical (unpaired) electrons. The topological polar surface area (TPSA) is 69.4 Å². The summed E-state index contributed by atoms with van der Waals surface area (Å²) in [5.41, 5.74) is 6.69. The second kappa shape index (κ2) is 4.64. The molecule has 18 heavy (non-hydrogen) atoms. The Hall–Kier alpha value is -0.910. The van der Waals surface area contributed by atoms with Crippen LogP contribution in [0.25, 0.3) is 0 Å². The maximum atomic E-state index is 12.1. The van der Waals surface area contributed by atoms with Crippen molar-refractivity contribution in [2.75, 3.05) is 13.2 Å². The molecular formula is C13H19NO3S. The van der Waals surface area contributed by atoms with Gasteiger partial charge in [0.25, 0.3) is 0 Å². The summed E-state index contributed by atoms with van der Waals surface area (Å²) in [6.07, 6.45) is 0.722.